The zero-order chi connectivity index (χ0) is 19.1. The number of rotatable bonds is 8. The van der Waals surface area contributed by atoms with Crippen LogP contribution < -0.4 is 10.9 Å². The maximum atomic E-state index is 12.8. The number of benzene rings is 1. The van der Waals surface area contributed by atoms with Crippen molar-refractivity contribution in [3.63, 3.8) is 0 Å². The van der Waals surface area contributed by atoms with Gasteiger partial charge >= 0.3 is 0 Å². The fourth-order valence-corrected chi connectivity index (χ4v) is 4.46. The van der Waals surface area contributed by atoms with Gasteiger partial charge in [-0.15, -0.1) is 0 Å². The van der Waals surface area contributed by atoms with Crippen molar-refractivity contribution < 1.29 is 4.79 Å². The Kier molecular flexibility index (Phi) is 7.33. The topological polar surface area (TPSA) is 64.0 Å². The number of fused-ring (bicyclic) bond motifs is 1. The molecule has 6 heteroatoms. The number of aromatic nitrogens is 2. The highest BCUT2D eigenvalue weighted by Crippen LogP contribution is 2.23. The van der Waals surface area contributed by atoms with Crippen molar-refractivity contribution in [3.8, 4) is 0 Å². The zero-order valence-electron chi connectivity index (χ0n) is 16.1. The summed E-state index contributed by atoms with van der Waals surface area (Å²) >= 11 is 1.36. The molecule has 0 saturated heterocycles. The molecular weight excluding hydrogens is 358 g/mol. The summed E-state index contributed by atoms with van der Waals surface area (Å²) in [6, 6.07) is 7.42. The molecule has 2 aromatic rings. The van der Waals surface area contributed by atoms with Gasteiger partial charge in [0.15, 0.2) is 5.16 Å². The molecule has 1 heterocycles. The monoisotopic (exact) mass is 387 g/mol. The van der Waals surface area contributed by atoms with Crippen LogP contribution in [0.2, 0.25) is 0 Å². The van der Waals surface area contributed by atoms with E-state index in [0.29, 0.717) is 34.3 Å². The van der Waals surface area contributed by atoms with Gasteiger partial charge in [0.2, 0.25) is 5.91 Å². The molecule has 3 rings (SSSR count). The Balaban J connectivity index is 1.67. The first kappa shape index (κ1) is 19.9. The van der Waals surface area contributed by atoms with Gasteiger partial charge < -0.3 is 5.32 Å². The third-order valence-electron chi connectivity index (χ3n) is 5.21. The number of para-hydroxylation sites is 1. The SMILES string of the molecule is CCCCn1c(SCC(=O)NCC2CCCCC2)nc2ccccc2c1=O. The smallest absolute Gasteiger partial charge is 0.262 e. The van der Waals surface area contributed by atoms with E-state index in [0.717, 1.165) is 19.4 Å². The Morgan fingerprint density at radius 3 is 2.81 bits per heavy atom. The van der Waals surface area contributed by atoms with E-state index in [2.05, 4.69) is 17.2 Å². The van der Waals surface area contributed by atoms with Crippen molar-refractivity contribution in [1.82, 2.24) is 14.9 Å². The number of amides is 1. The second-order valence-electron chi connectivity index (χ2n) is 7.32. The van der Waals surface area contributed by atoms with Crippen LogP contribution in [-0.4, -0.2) is 27.8 Å². The average molecular weight is 388 g/mol. The van der Waals surface area contributed by atoms with E-state index in [-0.39, 0.29) is 11.5 Å². The summed E-state index contributed by atoms with van der Waals surface area (Å²) in [4.78, 5) is 29.8. The van der Waals surface area contributed by atoms with Gasteiger partial charge in [-0.3, -0.25) is 14.2 Å². The minimum absolute atomic E-state index is 0.0147. The first-order valence-corrected chi connectivity index (χ1v) is 11.1. The standard InChI is InChI=1S/C21H29N3O2S/c1-2-3-13-24-20(26)17-11-7-8-12-18(17)23-21(24)27-15-19(25)22-14-16-9-5-4-6-10-16/h7-8,11-12,16H,2-6,9-10,13-15H2,1H3,(H,22,25). The van der Waals surface area contributed by atoms with Crippen molar-refractivity contribution in [2.24, 2.45) is 5.92 Å². The number of thioether (sulfide) groups is 1. The number of nitrogens with one attached hydrogen (secondary N) is 1. The van der Waals surface area contributed by atoms with Crippen LogP contribution in [0.4, 0.5) is 0 Å². The van der Waals surface area contributed by atoms with Gasteiger partial charge in [-0.2, -0.15) is 0 Å². The second-order valence-corrected chi connectivity index (χ2v) is 8.26. The van der Waals surface area contributed by atoms with Crippen molar-refractivity contribution in [3.05, 3.63) is 34.6 Å². The van der Waals surface area contributed by atoms with Crippen LogP contribution in [0.25, 0.3) is 10.9 Å². The lowest BCUT2D eigenvalue weighted by Crippen LogP contribution is -2.32. The molecule has 0 spiro atoms. The molecule has 1 aromatic carbocycles. The average Bonchev–Trinajstić information content (AvgIpc) is 2.71. The molecule has 1 amide bonds. The summed E-state index contributed by atoms with van der Waals surface area (Å²) in [5.41, 5.74) is 0.680. The summed E-state index contributed by atoms with van der Waals surface area (Å²) in [5, 5.41) is 4.34. The van der Waals surface area contributed by atoms with Crippen molar-refractivity contribution in [2.45, 2.75) is 63.6 Å². The lowest BCUT2D eigenvalue weighted by Gasteiger charge is -2.21. The minimum atomic E-state index is -0.0147. The molecule has 146 valence electrons. The Labute approximate surface area is 164 Å². The van der Waals surface area contributed by atoms with Crippen LogP contribution in [0.5, 0.6) is 0 Å². The number of unbranched alkanes of at least 4 members (excludes halogenated alkanes) is 1. The molecule has 5 nitrogen and oxygen atoms in total. The van der Waals surface area contributed by atoms with Crippen molar-refractivity contribution >= 4 is 28.6 Å². The zero-order valence-corrected chi connectivity index (χ0v) is 16.9. The van der Waals surface area contributed by atoms with Crippen LogP contribution in [-0.2, 0) is 11.3 Å². The second kappa shape index (κ2) is 9.93. The molecule has 0 unspecified atom stereocenters. The summed E-state index contributed by atoms with van der Waals surface area (Å²) < 4.78 is 1.73. The van der Waals surface area contributed by atoms with E-state index in [1.54, 1.807) is 4.57 Å². The minimum Gasteiger partial charge on any atom is -0.355 e. The number of hydrogen-bond acceptors (Lipinski definition) is 4. The first-order chi connectivity index (χ1) is 13.2. The van der Waals surface area contributed by atoms with Gasteiger partial charge in [-0.25, -0.2) is 4.98 Å². The van der Waals surface area contributed by atoms with Crippen LogP contribution >= 0.6 is 11.8 Å². The van der Waals surface area contributed by atoms with Crippen LogP contribution in [0.1, 0.15) is 51.9 Å². The highest BCUT2D eigenvalue weighted by atomic mass is 32.2. The number of nitrogens with zero attached hydrogens (tertiary/aromatic N) is 2. The van der Waals surface area contributed by atoms with Gasteiger partial charge in [0.1, 0.15) is 0 Å². The van der Waals surface area contributed by atoms with Gasteiger partial charge in [0.25, 0.3) is 5.56 Å². The molecule has 1 aliphatic carbocycles. The van der Waals surface area contributed by atoms with Gasteiger partial charge in [0.05, 0.1) is 16.7 Å². The molecule has 1 N–H and O–H groups in total. The van der Waals surface area contributed by atoms with Crippen molar-refractivity contribution in [1.29, 1.82) is 0 Å². The Hall–Kier alpha value is -1.82. The van der Waals surface area contributed by atoms with E-state index in [1.807, 2.05) is 24.3 Å². The molecule has 0 radical (unpaired) electrons. The van der Waals surface area contributed by atoms with Gasteiger partial charge in [0, 0.05) is 13.1 Å². The lowest BCUT2D eigenvalue weighted by molar-refractivity contribution is -0.118. The van der Waals surface area contributed by atoms with E-state index >= 15 is 0 Å². The summed E-state index contributed by atoms with van der Waals surface area (Å²) in [7, 11) is 0. The predicted octanol–water partition coefficient (Wildman–Crippen LogP) is 3.99. The van der Waals surface area contributed by atoms with Crippen LogP contribution in [0.15, 0.2) is 34.2 Å². The Morgan fingerprint density at radius 1 is 1.26 bits per heavy atom. The number of carbonyl (C=O) groups excluding carboxylic acids is 1. The van der Waals surface area contributed by atoms with E-state index in [1.165, 1.54) is 43.9 Å². The molecule has 1 saturated carbocycles. The van der Waals surface area contributed by atoms with E-state index in [4.69, 9.17) is 0 Å². The fourth-order valence-electron chi connectivity index (χ4n) is 3.60. The summed E-state index contributed by atoms with van der Waals surface area (Å²) in [5.74, 6) is 0.938. The molecule has 0 atom stereocenters. The third-order valence-corrected chi connectivity index (χ3v) is 6.18. The summed E-state index contributed by atoms with van der Waals surface area (Å²) in [6.07, 6.45) is 8.24. The molecule has 1 fully saturated rings. The fraction of sp³-hybridized carbons (Fsp3) is 0.571. The van der Waals surface area contributed by atoms with E-state index < -0.39 is 0 Å². The highest BCUT2D eigenvalue weighted by molar-refractivity contribution is 7.99. The normalized spacial score (nSPS) is 15.1. The van der Waals surface area contributed by atoms with Crippen molar-refractivity contribution in [2.75, 3.05) is 12.3 Å². The van der Waals surface area contributed by atoms with Crippen LogP contribution in [0.3, 0.4) is 0 Å². The van der Waals surface area contributed by atoms with E-state index in [9.17, 15) is 9.59 Å². The van der Waals surface area contributed by atoms with Crippen LogP contribution in [0, 0.1) is 5.92 Å². The Bertz CT molecular complexity index is 828. The third kappa shape index (κ3) is 5.34. The van der Waals surface area contributed by atoms with Gasteiger partial charge in [-0.05, 0) is 37.3 Å². The first-order valence-electron chi connectivity index (χ1n) is 10.1. The van der Waals surface area contributed by atoms with Gasteiger partial charge in [-0.1, -0.05) is 56.5 Å². The Morgan fingerprint density at radius 2 is 2.04 bits per heavy atom. The number of hydrogen-bond donors (Lipinski definition) is 1. The molecule has 0 aliphatic heterocycles. The molecule has 1 aromatic heterocycles. The maximum absolute atomic E-state index is 12.8. The highest BCUT2D eigenvalue weighted by Gasteiger charge is 2.16. The molecule has 0 bridgehead atoms. The summed E-state index contributed by atoms with van der Waals surface area (Å²) in [6.45, 7) is 3.51. The largest absolute Gasteiger partial charge is 0.355 e. The molecule has 27 heavy (non-hydrogen) atoms. The number of carbonyl (C=O) groups is 1. The quantitative estimate of drug-likeness (QED) is 0.550. The maximum Gasteiger partial charge on any atom is 0.262 e. The molecule has 1 aliphatic rings. The lowest BCUT2D eigenvalue weighted by atomic mass is 9.89. The molecular formula is C21H29N3O2S. The predicted molar refractivity (Wildman–Crippen MR) is 111 cm³/mol.